The lowest BCUT2D eigenvalue weighted by molar-refractivity contribution is 0.465. The van der Waals surface area contributed by atoms with E-state index in [4.69, 9.17) is 4.42 Å². The Hall–Kier alpha value is -1.68. The predicted octanol–water partition coefficient (Wildman–Crippen LogP) is 3.77. The molecular weight excluding hydrogens is 248 g/mol. The van der Waals surface area contributed by atoms with E-state index >= 15 is 0 Å². The highest BCUT2D eigenvalue weighted by atomic mass is 19.1. The number of nitrogens with one attached hydrogen (secondary N) is 1. The molecule has 1 unspecified atom stereocenters. The van der Waals surface area contributed by atoms with Crippen molar-refractivity contribution in [3.05, 3.63) is 47.7 Å². The van der Waals surface area contributed by atoms with Gasteiger partial charge in [0, 0.05) is 12.5 Å². The first-order valence-electron chi connectivity index (χ1n) is 6.38. The molecule has 0 spiro atoms. The van der Waals surface area contributed by atoms with E-state index in [1.165, 1.54) is 18.2 Å². The Balaban J connectivity index is 2.21. The highest BCUT2D eigenvalue weighted by molar-refractivity contribution is 5.59. The molecule has 0 saturated heterocycles. The Labute approximate surface area is 111 Å². The van der Waals surface area contributed by atoms with Crippen LogP contribution in [0.3, 0.4) is 0 Å². The first kappa shape index (κ1) is 13.7. The molecule has 1 heterocycles. The van der Waals surface area contributed by atoms with Crippen molar-refractivity contribution in [2.75, 3.05) is 6.54 Å². The Morgan fingerprint density at radius 1 is 1.16 bits per heavy atom. The first-order chi connectivity index (χ1) is 9.11. The third kappa shape index (κ3) is 3.20. The van der Waals surface area contributed by atoms with E-state index in [0.717, 1.165) is 6.54 Å². The van der Waals surface area contributed by atoms with Crippen LogP contribution in [0.5, 0.6) is 0 Å². The van der Waals surface area contributed by atoms with Crippen molar-refractivity contribution in [2.24, 2.45) is 0 Å². The average Bonchev–Trinajstić information content (AvgIpc) is 2.77. The van der Waals surface area contributed by atoms with Gasteiger partial charge in [-0.3, -0.25) is 0 Å². The van der Waals surface area contributed by atoms with Gasteiger partial charge in [0.1, 0.15) is 23.2 Å². The topological polar surface area (TPSA) is 25.2 Å². The van der Waals surface area contributed by atoms with Gasteiger partial charge in [0.05, 0.1) is 5.56 Å². The first-order valence-corrected chi connectivity index (χ1v) is 6.38. The summed E-state index contributed by atoms with van der Waals surface area (Å²) in [5.41, 5.74) is -0.107. The van der Waals surface area contributed by atoms with Crippen LogP contribution >= 0.6 is 0 Å². The van der Waals surface area contributed by atoms with Crippen LogP contribution in [0.4, 0.5) is 8.78 Å². The van der Waals surface area contributed by atoms with E-state index in [1.807, 2.05) is 13.8 Å². The SMILES string of the molecule is CCNC(C)Cc1ccc(-c2c(F)cccc2F)o1. The fourth-order valence-corrected chi connectivity index (χ4v) is 2.08. The number of furan rings is 1. The number of hydrogen-bond donors (Lipinski definition) is 1. The maximum absolute atomic E-state index is 13.6. The van der Waals surface area contributed by atoms with Crippen molar-refractivity contribution in [3.8, 4) is 11.3 Å². The van der Waals surface area contributed by atoms with Gasteiger partial charge in [-0.2, -0.15) is 0 Å². The molecule has 1 N–H and O–H groups in total. The fourth-order valence-electron chi connectivity index (χ4n) is 2.08. The number of rotatable bonds is 5. The normalized spacial score (nSPS) is 12.6. The zero-order valence-electron chi connectivity index (χ0n) is 11.0. The quantitative estimate of drug-likeness (QED) is 0.890. The molecule has 0 radical (unpaired) electrons. The van der Waals surface area contributed by atoms with Gasteiger partial charge in [-0.1, -0.05) is 13.0 Å². The van der Waals surface area contributed by atoms with Gasteiger partial charge < -0.3 is 9.73 Å². The highest BCUT2D eigenvalue weighted by Gasteiger charge is 2.15. The molecule has 0 saturated carbocycles. The molecule has 4 heteroatoms. The van der Waals surface area contributed by atoms with E-state index in [1.54, 1.807) is 12.1 Å². The minimum Gasteiger partial charge on any atom is -0.461 e. The van der Waals surface area contributed by atoms with E-state index in [0.29, 0.717) is 12.2 Å². The van der Waals surface area contributed by atoms with Gasteiger partial charge in [0.25, 0.3) is 0 Å². The highest BCUT2D eigenvalue weighted by Crippen LogP contribution is 2.28. The lowest BCUT2D eigenvalue weighted by Gasteiger charge is -2.09. The molecule has 0 amide bonds. The predicted molar refractivity (Wildman–Crippen MR) is 70.9 cm³/mol. The molecule has 0 bridgehead atoms. The molecule has 2 rings (SSSR count). The van der Waals surface area contributed by atoms with Gasteiger partial charge in [-0.25, -0.2) is 8.78 Å². The summed E-state index contributed by atoms with van der Waals surface area (Å²) in [5.74, 6) is -0.276. The molecule has 2 aromatic rings. The van der Waals surface area contributed by atoms with Crippen molar-refractivity contribution in [1.82, 2.24) is 5.32 Å². The number of halogens is 2. The lowest BCUT2D eigenvalue weighted by atomic mass is 10.1. The van der Waals surface area contributed by atoms with Crippen molar-refractivity contribution < 1.29 is 13.2 Å². The Bertz CT molecular complexity index is 531. The average molecular weight is 265 g/mol. The van der Waals surface area contributed by atoms with Crippen LogP contribution in [0, 0.1) is 11.6 Å². The van der Waals surface area contributed by atoms with Crippen LogP contribution < -0.4 is 5.32 Å². The molecule has 0 aliphatic carbocycles. The minimum atomic E-state index is -0.611. The second-order valence-electron chi connectivity index (χ2n) is 4.53. The van der Waals surface area contributed by atoms with Crippen LogP contribution in [0.15, 0.2) is 34.7 Å². The molecule has 102 valence electrons. The van der Waals surface area contributed by atoms with Crippen LogP contribution in [0.25, 0.3) is 11.3 Å². The summed E-state index contributed by atoms with van der Waals surface area (Å²) in [5, 5.41) is 3.26. The fraction of sp³-hybridized carbons (Fsp3) is 0.333. The monoisotopic (exact) mass is 265 g/mol. The van der Waals surface area contributed by atoms with Gasteiger partial charge >= 0.3 is 0 Å². The van der Waals surface area contributed by atoms with E-state index in [2.05, 4.69) is 5.32 Å². The molecular formula is C15H17F2NO. The van der Waals surface area contributed by atoms with Crippen molar-refractivity contribution in [2.45, 2.75) is 26.3 Å². The molecule has 0 aliphatic rings. The summed E-state index contributed by atoms with van der Waals surface area (Å²) < 4.78 is 32.8. The van der Waals surface area contributed by atoms with Crippen molar-refractivity contribution in [1.29, 1.82) is 0 Å². The zero-order chi connectivity index (χ0) is 13.8. The van der Waals surface area contributed by atoms with E-state index in [9.17, 15) is 8.78 Å². The van der Waals surface area contributed by atoms with Gasteiger partial charge in [0.15, 0.2) is 0 Å². The maximum Gasteiger partial charge on any atom is 0.140 e. The van der Waals surface area contributed by atoms with Crippen LogP contribution in [-0.4, -0.2) is 12.6 Å². The van der Waals surface area contributed by atoms with Crippen molar-refractivity contribution in [3.63, 3.8) is 0 Å². The lowest BCUT2D eigenvalue weighted by Crippen LogP contribution is -2.27. The zero-order valence-corrected chi connectivity index (χ0v) is 11.0. The summed E-state index contributed by atoms with van der Waals surface area (Å²) in [6, 6.07) is 7.41. The molecule has 1 aromatic carbocycles. The number of benzene rings is 1. The summed E-state index contributed by atoms with van der Waals surface area (Å²) >= 11 is 0. The standard InChI is InChI=1S/C15H17F2NO/c1-3-18-10(2)9-11-7-8-14(19-11)15-12(16)5-4-6-13(15)17/h4-8,10,18H,3,9H2,1-2H3. The Morgan fingerprint density at radius 2 is 1.84 bits per heavy atom. The number of hydrogen-bond acceptors (Lipinski definition) is 2. The smallest absolute Gasteiger partial charge is 0.140 e. The van der Waals surface area contributed by atoms with Gasteiger partial charge in [0.2, 0.25) is 0 Å². The van der Waals surface area contributed by atoms with Gasteiger partial charge in [-0.05, 0) is 37.7 Å². The van der Waals surface area contributed by atoms with Crippen LogP contribution in [0.2, 0.25) is 0 Å². The molecule has 0 fully saturated rings. The minimum absolute atomic E-state index is 0.107. The maximum atomic E-state index is 13.6. The summed E-state index contributed by atoms with van der Waals surface area (Å²) in [6.45, 7) is 4.94. The number of likely N-dealkylation sites (N-methyl/N-ethyl adjacent to an activating group) is 1. The van der Waals surface area contributed by atoms with Crippen LogP contribution in [0.1, 0.15) is 19.6 Å². The third-order valence-electron chi connectivity index (χ3n) is 2.93. The molecule has 19 heavy (non-hydrogen) atoms. The summed E-state index contributed by atoms with van der Waals surface area (Å²) in [4.78, 5) is 0. The third-order valence-corrected chi connectivity index (χ3v) is 2.93. The van der Waals surface area contributed by atoms with Gasteiger partial charge in [-0.15, -0.1) is 0 Å². The molecule has 1 atom stereocenters. The van der Waals surface area contributed by atoms with Crippen LogP contribution in [-0.2, 0) is 6.42 Å². The summed E-state index contributed by atoms with van der Waals surface area (Å²) in [7, 11) is 0. The Morgan fingerprint density at radius 3 is 2.47 bits per heavy atom. The largest absolute Gasteiger partial charge is 0.461 e. The second-order valence-corrected chi connectivity index (χ2v) is 4.53. The van der Waals surface area contributed by atoms with E-state index in [-0.39, 0.29) is 17.4 Å². The van der Waals surface area contributed by atoms with E-state index < -0.39 is 11.6 Å². The van der Waals surface area contributed by atoms with Crippen molar-refractivity contribution >= 4 is 0 Å². The molecule has 1 aromatic heterocycles. The second kappa shape index (κ2) is 5.97. The molecule has 0 aliphatic heterocycles. The Kier molecular flexibility index (Phi) is 4.32. The summed E-state index contributed by atoms with van der Waals surface area (Å²) in [6.07, 6.45) is 0.684. The molecule has 2 nitrogen and oxygen atoms in total.